The molecule has 2 heterocycles. The highest BCUT2D eigenvalue weighted by Crippen LogP contribution is 2.41. The molecule has 0 bridgehead atoms. The first-order valence-electron chi connectivity index (χ1n) is 12.7. The van der Waals surface area contributed by atoms with Crippen LogP contribution in [0.15, 0.2) is 65.3 Å². The Hall–Kier alpha value is -3.79. The molecule has 0 N–H and O–H groups in total. The van der Waals surface area contributed by atoms with Gasteiger partial charge in [-0.25, -0.2) is 0 Å². The SMILES string of the molecule is CCOc1c(/C(C)=C/C(=O)N2CCc3ccccc3C2)cc2c(-c3ccc(C)cc3C)coc2c1C. The molecule has 3 aromatic carbocycles. The van der Waals surface area contributed by atoms with Gasteiger partial charge in [0.15, 0.2) is 0 Å². The fraction of sp³-hybridized carbons (Fsp3) is 0.281. The fourth-order valence-corrected chi connectivity index (χ4v) is 5.30. The van der Waals surface area contributed by atoms with Crippen molar-refractivity contribution in [2.75, 3.05) is 13.2 Å². The molecule has 4 heteroatoms. The molecule has 1 aliphatic rings. The molecule has 36 heavy (non-hydrogen) atoms. The van der Waals surface area contributed by atoms with Gasteiger partial charge in [-0.3, -0.25) is 4.79 Å². The summed E-state index contributed by atoms with van der Waals surface area (Å²) in [4.78, 5) is 15.2. The number of ether oxygens (including phenoxy) is 1. The van der Waals surface area contributed by atoms with Gasteiger partial charge in [-0.05, 0) is 74.9 Å². The predicted octanol–water partition coefficient (Wildman–Crippen LogP) is 7.41. The van der Waals surface area contributed by atoms with Crippen molar-refractivity contribution in [3.8, 4) is 16.9 Å². The largest absolute Gasteiger partial charge is 0.493 e. The third-order valence-corrected chi connectivity index (χ3v) is 7.21. The molecule has 0 saturated heterocycles. The molecule has 0 fully saturated rings. The fourth-order valence-electron chi connectivity index (χ4n) is 5.30. The van der Waals surface area contributed by atoms with E-state index in [9.17, 15) is 4.79 Å². The Labute approximate surface area is 213 Å². The van der Waals surface area contributed by atoms with Gasteiger partial charge in [0, 0.05) is 41.2 Å². The van der Waals surface area contributed by atoms with Gasteiger partial charge in [-0.15, -0.1) is 0 Å². The number of hydrogen-bond acceptors (Lipinski definition) is 3. The Balaban J connectivity index is 1.56. The number of nitrogens with zero attached hydrogens (tertiary/aromatic N) is 1. The minimum atomic E-state index is 0.0315. The van der Waals surface area contributed by atoms with E-state index in [-0.39, 0.29) is 5.91 Å². The van der Waals surface area contributed by atoms with Gasteiger partial charge in [-0.1, -0.05) is 48.0 Å². The summed E-state index contributed by atoms with van der Waals surface area (Å²) in [5.41, 5.74) is 10.8. The van der Waals surface area contributed by atoms with Gasteiger partial charge in [0.05, 0.1) is 12.9 Å². The number of carbonyl (C=O) groups is 1. The second kappa shape index (κ2) is 9.69. The van der Waals surface area contributed by atoms with E-state index in [0.29, 0.717) is 13.2 Å². The van der Waals surface area contributed by atoms with Crippen molar-refractivity contribution in [2.45, 2.75) is 47.6 Å². The van der Waals surface area contributed by atoms with Gasteiger partial charge in [0.25, 0.3) is 0 Å². The second-order valence-electron chi connectivity index (χ2n) is 9.76. The van der Waals surface area contributed by atoms with Crippen LogP contribution in [-0.4, -0.2) is 24.0 Å². The number of hydrogen-bond donors (Lipinski definition) is 0. The lowest BCUT2D eigenvalue weighted by atomic mass is 9.94. The Kier molecular flexibility index (Phi) is 6.44. The monoisotopic (exact) mass is 479 g/mol. The first kappa shape index (κ1) is 23.9. The minimum absolute atomic E-state index is 0.0315. The van der Waals surface area contributed by atoms with E-state index in [1.807, 2.05) is 38.0 Å². The van der Waals surface area contributed by atoms with Crippen molar-refractivity contribution in [3.63, 3.8) is 0 Å². The molecule has 0 saturated carbocycles. The zero-order valence-corrected chi connectivity index (χ0v) is 21.8. The van der Waals surface area contributed by atoms with Crippen molar-refractivity contribution >= 4 is 22.4 Å². The second-order valence-corrected chi connectivity index (χ2v) is 9.76. The molecule has 0 unspecified atom stereocenters. The normalized spacial score (nSPS) is 13.7. The van der Waals surface area contributed by atoms with Crippen LogP contribution in [0.3, 0.4) is 0 Å². The molecule has 1 aromatic heterocycles. The van der Waals surface area contributed by atoms with E-state index in [1.165, 1.54) is 22.3 Å². The quantitative estimate of drug-likeness (QED) is 0.280. The number of aryl methyl sites for hydroxylation is 3. The maximum Gasteiger partial charge on any atom is 0.247 e. The molecule has 1 amide bonds. The van der Waals surface area contributed by atoms with E-state index in [1.54, 1.807) is 6.08 Å². The minimum Gasteiger partial charge on any atom is -0.493 e. The molecular weight excluding hydrogens is 446 g/mol. The summed E-state index contributed by atoms with van der Waals surface area (Å²) in [7, 11) is 0. The maximum absolute atomic E-state index is 13.3. The highest BCUT2D eigenvalue weighted by atomic mass is 16.5. The average Bonchev–Trinajstić information content (AvgIpc) is 3.29. The predicted molar refractivity (Wildman–Crippen MR) is 146 cm³/mol. The molecule has 184 valence electrons. The zero-order chi connectivity index (χ0) is 25.4. The molecule has 5 rings (SSSR count). The van der Waals surface area contributed by atoms with E-state index < -0.39 is 0 Å². The molecule has 0 spiro atoms. The summed E-state index contributed by atoms with van der Waals surface area (Å²) in [6, 6.07) is 17.0. The summed E-state index contributed by atoms with van der Waals surface area (Å²) in [5.74, 6) is 0.807. The number of carbonyl (C=O) groups excluding carboxylic acids is 1. The molecule has 1 aliphatic heterocycles. The Morgan fingerprint density at radius 1 is 1.06 bits per heavy atom. The van der Waals surface area contributed by atoms with Crippen LogP contribution in [0, 0.1) is 20.8 Å². The van der Waals surface area contributed by atoms with Crippen molar-refractivity contribution in [3.05, 3.63) is 94.3 Å². The van der Waals surface area contributed by atoms with Crippen LogP contribution in [0.1, 0.15) is 47.2 Å². The first-order valence-corrected chi connectivity index (χ1v) is 12.7. The van der Waals surface area contributed by atoms with Crippen LogP contribution in [0.5, 0.6) is 5.75 Å². The first-order chi connectivity index (χ1) is 17.4. The Bertz CT molecular complexity index is 1490. The van der Waals surface area contributed by atoms with Crippen molar-refractivity contribution in [1.29, 1.82) is 0 Å². The maximum atomic E-state index is 13.3. The summed E-state index contributed by atoms with van der Waals surface area (Å²) in [6.07, 6.45) is 4.48. The topological polar surface area (TPSA) is 42.7 Å². The number of benzene rings is 3. The molecule has 0 aliphatic carbocycles. The highest BCUT2D eigenvalue weighted by molar-refractivity contribution is 6.02. The Morgan fingerprint density at radius 3 is 2.58 bits per heavy atom. The summed E-state index contributed by atoms with van der Waals surface area (Å²) in [5, 5.41) is 1.03. The number of rotatable bonds is 5. The van der Waals surface area contributed by atoms with Gasteiger partial charge < -0.3 is 14.1 Å². The summed E-state index contributed by atoms with van der Waals surface area (Å²) < 4.78 is 12.2. The smallest absolute Gasteiger partial charge is 0.247 e. The van der Waals surface area contributed by atoms with Gasteiger partial charge >= 0.3 is 0 Å². The van der Waals surface area contributed by atoms with Crippen molar-refractivity contribution in [2.24, 2.45) is 0 Å². The third-order valence-electron chi connectivity index (χ3n) is 7.21. The highest BCUT2D eigenvalue weighted by Gasteiger charge is 2.22. The van der Waals surface area contributed by atoms with Crippen LogP contribution in [0.2, 0.25) is 0 Å². The molecular formula is C32H33NO3. The van der Waals surface area contributed by atoms with Crippen LogP contribution >= 0.6 is 0 Å². The van der Waals surface area contributed by atoms with E-state index in [2.05, 4.69) is 56.3 Å². The average molecular weight is 480 g/mol. The lowest BCUT2D eigenvalue weighted by Gasteiger charge is -2.28. The molecule has 0 atom stereocenters. The van der Waals surface area contributed by atoms with Crippen LogP contribution in [0.4, 0.5) is 0 Å². The van der Waals surface area contributed by atoms with Crippen molar-refractivity contribution < 1.29 is 13.9 Å². The molecule has 0 radical (unpaired) electrons. The molecule has 4 aromatic rings. The van der Waals surface area contributed by atoms with E-state index in [4.69, 9.17) is 9.15 Å². The van der Waals surface area contributed by atoms with Gasteiger partial charge in [0.2, 0.25) is 5.91 Å². The zero-order valence-electron chi connectivity index (χ0n) is 21.8. The van der Waals surface area contributed by atoms with Crippen molar-refractivity contribution in [1.82, 2.24) is 4.90 Å². The Morgan fingerprint density at radius 2 is 1.83 bits per heavy atom. The molecule has 4 nitrogen and oxygen atoms in total. The standard InChI is InChI=1S/C32H33NO3/c1-6-35-31-23(5)32-28(29(19-36-32)26-12-11-20(2)15-21(26)3)17-27(31)22(4)16-30(34)33-14-13-24-9-7-8-10-25(24)18-33/h7-12,15-17,19H,6,13-14,18H2,1-5H3/b22-16+. The number of amides is 1. The summed E-state index contributed by atoms with van der Waals surface area (Å²) >= 11 is 0. The lowest BCUT2D eigenvalue weighted by Crippen LogP contribution is -2.34. The lowest BCUT2D eigenvalue weighted by molar-refractivity contribution is -0.126. The number of allylic oxidation sites excluding steroid dienone is 1. The number of fused-ring (bicyclic) bond motifs is 2. The van der Waals surface area contributed by atoms with E-state index >= 15 is 0 Å². The van der Waals surface area contributed by atoms with E-state index in [0.717, 1.165) is 57.5 Å². The van der Waals surface area contributed by atoms with Gasteiger partial charge in [0.1, 0.15) is 11.3 Å². The number of furan rings is 1. The van der Waals surface area contributed by atoms with Crippen LogP contribution < -0.4 is 4.74 Å². The summed E-state index contributed by atoms with van der Waals surface area (Å²) in [6.45, 7) is 12.2. The van der Waals surface area contributed by atoms with Crippen LogP contribution in [-0.2, 0) is 17.8 Å². The van der Waals surface area contributed by atoms with Gasteiger partial charge in [-0.2, -0.15) is 0 Å². The third kappa shape index (κ3) is 4.32. The van der Waals surface area contributed by atoms with Crippen LogP contribution in [0.25, 0.3) is 27.7 Å².